The summed E-state index contributed by atoms with van der Waals surface area (Å²) in [6, 6.07) is 0. The molecule has 0 spiro atoms. The number of aromatic nitrogens is 1. The number of amides is 1. The fraction of sp³-hybridized carbons (Fsp3) is 0.667. The van der Waals surface area contributed by atoms with Gasteiger partial charge in [-0.15, -0.1) is 11.3 Å². The Morgan fingerprint density at radius 3 is 3.18 bits per heavy atom. The zero-order valence-electron chi connectivity index (χ0n) is 10.1. The molecule has 4 nitrogen and oxygen atoms in total. The Labute approximate surface area is 105 Å². The second kappa shape index (κ2) is 5.60. The van der Waals surface area contributed by atoms with Gasteiger partial charge in [-0.25, -0.2) is 4.98 Å². The van der Waals surface area contributed by atoms with Crippen LogP contribution in [0.4, 0.5) is 0 Å². The fourth-order valence-corrected chi connectivity index (χ4v) is 2.85. The molecule has 94 valence electrons. The molecule has 1 amide bonds. The number of nitrogens with zero attached hydrogens (tertiary/aromatic N) is 2. The van der Waals surface area contributed by atoms with Crippen LogP contribution in [0.25, 0.3) is 0 Å². The van der Waals surface area contributed by atoms with Crippen molar-refractivity contribution in [3.8, 4) is 0 Å². The molecule has 1 aliphatic rings. The minimum atomic E-state index is 0.163. The van der Waals surface area contributed by atoms with E-state index in [9.17, 15) is 4.79 Å². The number of carbonyl (C=O) groups is 1. The molecule has 1 fully saturated rings. The minimum absolute atomic E-state index is 0.163. The molecule has 1 N–H and O–H groups in total. The van der Waals surface area contributed by atoms with Gasteiger partial charge in [-0.2, -0.15) is 0 Å². The predicted molar refractivity (Wildman–Crippen MR) is 66.9 cm³/mol. The van der Waals surface area contributed by atoms with Crippen LogP contribution in [0.15, 0.2) is 5.38 Å². The lowest BCUT2D eigenvalue weighted by molar-refractivity contribution is -0.129. The van der Waals surface area contributed by atoms with E-state index in [-0.39, 0.29) is 12.5 Å². The van der Waals surface area contributed by atoms with Crippen LogP contribution in [0.3, 0.4) is 0 Å². The first-order valence-corrected chi connectivity index (χ1v) is 6.86. The third kappa shape index (κ3) is 3.26. The minimum Gasteiger partial charge on any atom is -0.396 e. The Kier molecular flexibility index (Phi) is 4.12. The summed E-state index contributed by atoms with van der Waals surface area (Å²) in [4.78, 5) is 18.2. The highest BCUT2D eigenvalue weighted by atomic mass is 32.1. The van der Waals surface area contributed by atoms with Crippen LogP contribution >= 0.6 is 11.3 Å². The normalized spacial score (nSPS) is 19.9. The van der Waals surface area contributed by atoms with E-state index in [1.54, 1.807) is 11.3 Å². The molecule has 0 aliphatic carbocycles. The first-order valence-electron chi connectivity index (χ1n) is 5.98. The number of aliphatic hydroxyl groups is 1. The zero-order valence-corrected chi connectivity index (χ0v) is 10.9. The number of aliphatic hydroxyl groups excluding tert-OH is 1. The monoisotopic (exact) mass is 254 g/mol. The van der Waals surface area contributed by atoms with Gasteiger partial charge in [0.05, 0.1) is 17.1 Å². The Bertz CT molecular complexity index is 392. The van der Waals surface area contributed by atoms with E-state index in [1.807, 2.05) is 17.2 Å². The molecule has 1 atom stereocenters. The van der Waals surface area contributed by atoms with Crippen molar-refractivity contribution in [2.45, 2.75) is 26.2 Å². The van der Waals surface area contributed by atoms with Gasteiger partial charge in [0, 0.05) is 25.1 Å². The van der Waals surface area contributed by atoms with Crippen molar-refractivity contribution in [2.75, 3.05) is 19.7 Å². The highest BCUT2D eigenvalue weighted by Crippen LogP contribution is 2.20. The fourth-order valence-electron chi connectivity index (χ4n) is 2.23. The van der Waals surface area contributed by atoms with Crippen molar-refractivity contribution < 1.29 is 9.90 Å². The lowest BCUT2D eigenvalue weighted by atomic mass is 10.1. The first kappa shape index (κ1) is 12.5. The predicted octanol–water partition coefficient (Wildman–Crippen LogP) is 1.22. The van der Waals surface area contributed by atoms with E-state index >= 15 is 0 Å². The Hall–Kier alpha value is -0.940. The van der Waals surface area contributed by atoms with Gasteiger partial charge in [0.2, 0.25) is 5.91 Å². The molecule has 1 unspecified atom stereocenters. The third-order valence-corrected chi connectivity index (χ3v) is 4.00. The number of hydrogen-bond acceptors (Lipinski definition) is 4. The number of carbonyl (C=O) groups excluding carboxylic acids is 1. The van der Waals surface area contributed by atoms with Crippen molar-refractivity contribution in [1.29, 1.82) is 0 Å². The third-order valence-electron chi connectivity index (χ3n) is 3.17. The van der Waals surface area contributed by atoms with Gasteiger partial charge < -0.3 is 10.0 Å². The number of hydrogen-bond donors (Lipinski definition) is 1. The Morgan fingerprint density at radius 1 is 1.71 bits per heavy atom. The maximum Gasteiger partial charge on any atom is 0.228 e. The summed E-state index contributed by atoms with van der Waals surface area (Å²) in [6.45, 7) is 3.79. The summed E-state index contributed by atoms with van der Waals surface area (Å²) in [5.41, 5.74) is 0.878. The molecular weight excluding hydrogens is 236 g/mol. The molecule has 5 heteroatoms. The molecule has 1 aromatic heterocycles. The molecule has 0 saturated carbocycles. The van der Waals surface area contributed by atoms with E-state index in [4.69, 9.17) is 5.11 Å². The van der Waals surface area contributed by atoms with Crippen molar-refractivity contribution in [1.82, 2.24) is 9.88 Å². The van der Waals surface area contributed by atoms with Crippen LogP contribution in [0, 0.1) is 12.8 Å². The maximum atomic E-state index is 12.0. The average Bonchev–Trinajstić information content (AvgIpc) is 2.88. The molecule has 1 saturated heterocycles. The molecule has 0 radical (unpaired) electrons. The molecule has 2 rings (SSSR count). The van der Waals surface area contributed by atoms with Gasteiger partial charge in [0.1, 0.15) is 0 Å². The quantitative estimate of drug-likeness (QED) is 0.879. The van der Waals surface area contributed by atoms with E-state index in [0.717, 1.165) is 36.6 Å². The largest absolute Gasteiger partial charge is 0.396 e. The van der Waals surface area contributed by atoms with E-state index < -0.39 is 0 Å². The van der Waals surface area contributed by atoms with Gasteiger partial charge in [-0.1, -0.05) is 0 Å². The Balaban J connectivity index is 1.85. The summed E-state index contributed by atoms with van der Waals surface area (Å²) in [5, 5.41) is 11.8. The molecule has 0 bridgehead atoms. The van der Waals surface area contributed by atoms with E-state index in [1.165, 1.54) is 0 Å². The number of thiazole rings is 1. The summed E-state index contributed by atoms with van der Waals surface area (Å²) >= 11 is 1.58. The van der Waals surface area contributed by atoms with Gasteiger partial charge in [-0.05, 0) is 25.7 Å². The van der Waals surface area contributed by atoms with Gasteiger partial charge in [-0.3, -0.25) is 4.79 Å². The maximum absolute atomic E-state index is 12.0. The number of aryl methyl sites for hydroxylation is 1. The van der Waals surface area contributed by atoms with Crippen molar-refractivity contribution >= 4 is 17.2 Å². The topological polar surface area (TPSA) is 53.4 Å². The van der Waals surface area contributed by atoms with Crippen molar-refractivity contribution in [3.05, 3.63) is 16.1 Å². The number of rotatable bonds is 4. The molecule has 1 aromatic rings. The smallest absolute Gasteiger partial charge is 0.228 e. The molecule has 1 aliphatic heterocycles. The number of likely N-dealkylation sites (tertiary alicyclic amines) is 1. The molecule has 2 heterocycles. The van der Waals surface area contributed by atoms with Crippen LogP contribution < -0.4 is 0 Å². The first-order chi connectivity index (χ1) is 8.19. The average molecular weight is 254 g/mol. The lowest BCUT2D eigenvalue weighted by Crippen LogP contribution is -2.30. The lowest BCUT2D eigenvalue weighted by Gasteiger charge is -2.15. The van der Waals surface area contributed by atoms with Gasteiger partial charge in [0.25, 0.3) is 0 Å². The SMILES string of the molecule is Cc1nc(CC(=O)N2CCC(CCO)C2)cs1. The highest BCUT2D eigenvalue weighted by Gasteiger charge is 2.25. The molecule has 17 heavy (non-hydrogen) atoms. The van der Waals surface area contributed by atoms with Crippen molar-refractivity contribution in [3.63, 3.8) is 0 Å². The summed E-state index contributed by atoms with van der Waals surface area (Å²) in [7, 11) is 0. The van der Waals surface area contributed by atoms with Crippen LogP contribution in [0.5, 0.6) is 0 Å². The second-order valence-electron chi connectivity index (χ2n) is 4.54. The zero-order chi connectivity index (χ0) is 12.3. The second-order valence-corrected chi connectivity index (χ2v) is 5.60. The van der Waals surface area contributed by atoms with E-state index in [0.29, 0.717) is 12.3 Å². The molecule has 0 aromatic carbocycles. The van der Waals surface area contributed by atoms with Gasteiger partial charge in [0.15, 0.2) is 0 Å². The van der Waals surface area contributed by atoms with E-state index in [2.05, 4.69) is 4.98 Å². The summed E-state index contributed by atoms with van der Waals surface area (Å²) < 4.78 is 0. The van der Waals surface area contributed by atoms with Crippen LogP contribution in [0.1, 0.15) is 23.5 Å². The summed E-state index contributed by atoms with van der Waals surface area (Å²) in [6.07, 6.45) is 2.23. The summed E-state index contributed by atoms with van der Waals surface area (Å²) in [5.74, 6) is 0.636. The highest BCUT2D eigenvalue weighted by molar-refractivity contribution is 7.09. The van der Waals surface area contributed by atoms with Crippen LogP contribution in [0.2, 0.25) is 0 Å². The Morgan fingerprint density at radius 2 is 2.53 bits per heavy atom. The molecular formula is C12H18N2O2S. The standard InChI is InChI=1S/C12H18N2O2S/c1-9-13-11(8-17-9)6-12(16)14-4-2-10(7-14)3-5-15/h8,10,15H,2-7H2,1H3. The van der Waals surface area contributed by atoms with Crippen LogP contribution in [-0.2, 0) is 11.2 Å². The van der Waals surface area contributed by atoms with Gasteiger partial charge >= 0.3 is 0 Å². The van der Waals surface area contributed by atoms with Crippen LogP contribution in [-0.4, -0.2) is 40.6 Å². The van der Waals surface area contributed by atoms with Crippen molar-refractivity contribution in [2.24, 2.45) is 5.92 Å².